The maximum atomic E-state index is 6.93. The van der Waals surface area contributed by atoms with Crippen LogP contribution >= 0.6 is 0 Å². The molecule has 3 heteroatoms. The van der Waals surface area contributed by atoms with Gasteiger partial charge in [-0.05, 0) is 22.8 Å². The van der Waals surface area contributed by atoms with Gasteiger partial charge < -0.3 is 4.42 Å². The molecule has 2 unspecified atom stereocenters. The van der Waals surface area contributed by atoms with Gasteiger partial charge in [0.25, 0.3) is 0 Å². The minimum atomic E-state index is -0.0314. The predicted molar refractivity (Wildman–Crippen MR) is 147 cm³/mol. The van der Waals surface area contributed by atoms with Gasteiger partial charge in [0.1, 0.15) is 11.5 Å². The van der Waals surface area contributed by atoms with E-state index in [1.807, 2.05) is 18.3 Å². The van der Waals surface area contributed by atoms with E-state index in [1.165, 1.54) is 5.56 Å². The first-order valence-corrected chi connectivity index (χ1v) is 12.3. The number of allylic oxidation sites excluding steroid dienone is 2. The molecule has 1 aromatic heterocycles. The van der Waals surface area contributed by atoms with Crippen molar-refractivity contribution in [2.45, 2.75) is 12.0 Å². The van der Waals surface area contributed by atoms with Gasteiger partial charge in [-0.3, -0.25) is 5.01 Å². The molecule has 5 aromatic rings. The van der Waals surface area contributed by atoms with Crippen molar-refractivity contribution in [1.29, 1.82) is 0 Å². The SMILES string of the molecule is C1=CC2C(c3oc(-c4ccccc4-c4ccccc4)c4ccccc34)C(c3ccccc3)=NN2C=C1. The summed E-state index contributed by atoms with van der Waals surface area (Å²) in [4.78, 5) is 0. The molecule has 0 saturated heterocycles. The molecule has 7 rings (SSSR count). The van der Waals surface area contributed by atoms with Crippen LogP contribution in [-0.4, -0.2) is 16.8 Å². The highest BCUT2D eigenvalue weighted by molar-refractivity contribution is 6.09. The van der Waals surface area contributed by atoms with Gasteiger partial charge in [0.15, 0.2) is 0 Å². The largest absolute Gasteiger partial charge is 0.459 e. The van der Waals surface area contributed by atoms with E-state index in [1.54, 1.807) is 0 Å². The van der Waals surface area contributed by atoms with Crippen LogP contribution in [0.1, 0.15) is 17.2 Å². The minimum Gasteiger partial charge on any atom is -0.459 e. The van der Waals surface area contributed by atoms with E-state index in [2.05, 4.69) is 120 Å². The normalized spacial score (nSPS) is 18.4. The average Bonchev–Trinajstić information content (AvgIpc) is 3.53. The Hall–Kier alpha value is -4.63. The van der Waals surface area contributed by atoms with Crippen molar-refractivity contribution in [3.8, 4) is 22.5 Å². The second kappa shape index (κ2) is 8.54. The molecule has 2 aliphatic rings. The number of furan rings is 1. The number of hydrogen-bond acceptors (Lipinski definition) is 3. The van der Waals surface area contributed by atoms with Gasteiger partial charge in [-0.15, -0.1) is 0 Å². The smallest absolute Gasteiger partial charge is 0.142 e. The van der Waals surface area contributed by atoms with Crippen LogP contribution in [0.4, 0.5) is 0 Å². The van der Waals surface area contributed by atoms with Crippen molar-refractivity contribution >= 4 is 16.5 Å². The van der Waals surface area contributed by atoms with Gasteiger partial charge in [0.2, 0.25) is 0 Å². The molecule has 0 radical (unpaired) electrons. The van der Waals surface area contributed by atoms with E-state index in [-0.39, 0.29) is 12.0 Å². The molecule has 0 N–H and O–H groups in total. The summed E-state index contributed by atoms with van der Waals surface area (Å²) >= 11 is 0. The Balaban J connectivity index is 1.45. The zero-order valence-electron chi connectivity index (χ0n) is 19.7. The topological polar surface area (TPSA) is 28.7 Å². The van der Waals surface area contributed by atoms with Crippen molar-refractivity contribution in [1.82, 2.24) is 5.01 Å². The molecular formula is C33H24N2O. The third-order valence-corrected chi connectivity index (χ3v) is 7.08. The van der Waals surface area contributed by atoms with Crippen LogP contribution in [0, 0.1) is 0 Å². The number of nitrogens with zero attached hydrogens (tertiary/aromatic N) is 2. The van der Waals surface area contributed by atoms with Crippen LogP contribution in [0.3, 0.4) is 0 Å². The molecule has 172 valence electrons. The Morgan fingerprint density at radius 3 is 2.03 bits per heavy atom. The summed E-state index contributed by atoms with van der Waals surface area (Å²) < 4.78 is 6.93. The second-order valence-corrected chi connectivity index (χ2v) is 9.18. The molecule has 3 nitrogen and oxygen atoms in total. The Labute approximate surface area is 210 Å². The van der Waals surface area contributed by atoms with Crippen molar-refractivity contribution < 1.29 is 4.42 Å². The number of fused-ring (bicyclic) bond motifs is 2. The first-order chi connectivity index (χ1) is 17.9. The summed E-state index contributed by atoms with van der Waals surface area (Å²) in [5, 5.41) is 9.36. The summed E-state index contributed by atoms with van der Waals surface area (Å²) in [6.07, 6.45) is 8.41. The van der Waals surface area contributed by atoms with Crippen molar-refractivity contribution in [2.24, 2.45) is 5.10 Å². The van der Waals surface area contributed by atoms with Crippen LogP contribution in [-0.2, 0) is 0 Å². The van der Waals surface area contributed by atoms with Gasteiger partial charge in [-0.1, -0.05) is 121 Å². The van der Waals surface area contributed by atoms with Crippen LogP contribution in [0.25, 0.3) is 33.2 Å². The van der Waals surface area contributed by atoms with E-state index in [9.17, 15) is 0 Å². The standard InChI is InChI=1S/C33H24N2O/c1-3-13-23(14-4-1)25-17-7-8-18-26(25)32-27-19-9-10-20-28(27)33(36-32)30-29-21-11-12-22-35(29)34-31(30)24-15-5-2-6-16-24/h1-22,29-30H. The molecule has 36 heavy (non-hydrogen) atoms. The lowest BCUT2D eigenvalue weighted by molar-refractivity contribution is 0.337. The summed E-state index contributed by atoms with van der Waals surface area (Å²) in [6.45, 7) is 0. The molecule has 2 atom stereocenters. The van der Waals surface area contributed by atoms with Crippen molar-refractivity contribution in [3.05, 3.63) is 145 Å². The quantitative estimate of drug-likeness (QED) is 0.269. The lowest BCUT2D eigenvalue weighted by Gasteiger charge is -2.23. The Morgan fingerprint density at radius 1 is 0.611 bits per heavy atom. The molecule has 4 aromatic carbocycles. The number of hydrogen-bond donors (Lipinski definition) is 0. The monoisotopic (exact) mass is 464 g/mol. The fraction of sp³-hybridized carbons (Fsp3) is 0.0606. The number of benzene rings is 4. The minimum absolute atomic E-state index is 0.0314. The van der Waals surface area contributed by atoms with E-state index in [4.69, 9.17) is 9.52 Å². The first-order valence-electron chi connectivity index (χ1n) is 12.3. The highest BCUT2D eigenvalue weighted by atomic mass is 16.3. The Morgan fingerprint density at radius 2 is 1.25 bits per heavy atom. The van der Waals surface area contributed by atoms with Crippen LogP contribution in [0.15, 0.2) is 143 Å². The third kappa shape index (κ3) is 3.32. The first kappa shape index (κ1) is 20.7. The van der Waals surface area contributed by atoms with Crippen LogP contribution in [0.2, 0.25) is 0 Å². The number of hydrazone groups is 1. The summed E-state index contributed by atoms with van der Waals surface area (Å²) in [6, 6.07) is 38.1. The van der Waals surface area contributed by atoms with Crippen molar-refractivity contribution in [2.75, 3.05) is 0 Å². The van der Waals surface area contributed by atoms with Gasteiger partial charge in [-0.2, -0.15) is 5.10 Å². The molecule has 2 aliphatic heterocycles. The van der Waals surface area contributed by atoms with Crippen LogP contribution < -0.4 is 0 Å². The average molecular weight is 465 g/mol. The number of rotatable bonds is 4. The lowest BCUT2D eigenvalue weighted by Crippen LogP contribution is -2.28. The highest BCUT2D eigenvalue weighted by Gasteiger charge is 2.41. The molecule has 0 aliphatic carbocycles. The van der Waals surface area contributed by atoms with Crippen molar-refractivity contribution in [3.63, 3.8) is 0 Å². The molecule has 0 amide bonds. The lowest BCUT2D eigenvalue weighted by atomic mass is 9.86. The van der Waals surface area contributed by atoms with E-state index in [0.29, 0.717) is 0 Å². The second-order valence-electron chi connectivity index (χ2n) is 9.18. The highest BCUT2D eigenvalue weighted by Crippen LogP contribution is 2.45. The fourth-order valence-electron chi connectivity index (χ4n) is 5.44. The Bertz CT molecular complexity index is 1640. The van der Waals surface area contributed by atoms with Gasteiger partial charge >= 0.3 is 0 Å². The Kier molecular flexibility index (Phi) is 4.92. The molecule has 0 saturated carbocycles. The summed E-state index contributed by atoms with van der Waals surface area (Å²) in [7, 11) is 0. The summed E-state index contributed by atoms with van der Waals surface area (Å²) in [5.41, 5.74) is 5.58. The molecular weight excluding hydrogens is 440 g/mol. The molecule has 3 heterocycles. The predicted octanol–water partition coefficient (Wildman–Crippen LogP) is 8.02. The molecule has 0 spiro atoms. The van der Waals surface area contributed by atoms with Gasteiger partial charge in [0, 0.05) is 22.5 Å². The third-order valence-electron chi connectivity index (χ3n) is 7.08. The maximum Gasteiger partial charge on any atom is 0.142 e. The summed E-state index contributed by atoms with van der Waals surface area (Å²) in [5.74, 6) is 1.83. The molecule has 0 bridgehead atoms. The van der Waals surface area contributed by atoms with Crippen LogP contribution in [0.5, 0.6) is 0 Å². The van der Waals surface area contributed by atoms with E-state index >= 15 is 0 Å². The zero-order valence-corrected chi connectivity index (χ0v) is 19.7. The fourth-order valence-corrected chi connectivity index (χ4v) is 5.44. The zero-order chi connectivity index (χ0) is 23.9. The van der Waals surface area contributed by atoms with E-state index in [0.717, 1.165) is 44.7 Å². The van der Waals surface area contributed by atoms with Gasteiger partial charge in [-0.25, -0.2) is 0 Å². The van der Waals surface area contributed by atoms with Gasteiger partial charge in [0.05, 0.1) is 17.7 Å². The maximum absolute atomic E-state index is 6.93. The molecule has 0 fully saturated rings. The van der Waals surface area contributed by atoms with E-state index < -0.39 is 0 Å².